The molecule has 0 saturated heterocycles. The van der Waals surface area contributed by atoms with Gasteiger partial charge in [0.25, 0.3) is 0 Å². The normalized spacial score (nSPS) is 11.2. The molecule has 0 aromatic heterocycles. The van der Waals surface area contributed by atoms with E-state index in [1.165, 1.54) is 0 Å². The molecule has 0 aliphatic carbocycles. The molecule has 0 aliphatic rings. The molecular weight excluding hydrogens is 350 g/mol. The van der Waals surface area contributed by atoms with E-state index in [4.69, 9.17) is 0 Å². The average molecular weight is 369 g/mol. The summed E-state index contributed by atoms with van der Waals surface area (Å²) >= 11 is 0. The van der Waals surface area contributed by atoms with Crippen LogP contribution in [0.5, 0.6) is 0 Å². The Kier molecular flexibility index (Phi) is 4.81. The number of sulfonamides is 1. The van der Waals surface area contributed by atoms with Crippen LogP contribution in [0, 0.1) is 6.92 Å². The fraction of sp³-hybridized carbons (Fsp3) is 0.105. The lowest BCUT2D eigenvalue weighted by molar-refractivity contribution is 0.262. The van der Waals surface area contributed by atoms with Gasteiger partial charge < -0.3 is 10.6 Å². The minimum absolute atomic E-state index is 0.407. The number of amides is 2. The van der Waals surface area contributed by atoms with E-state index in [9.17, 15) is 13.2 Å². The summed E-state index contributed by atoms with van der Waals surface area (Å²) in [5.74, 6) is 0. The van der Waals surface area contributed by atoms with E-state index in [0.29, 0.717) is 17.1 Å². The van der Waals surface area contributed by atoms with Gasteiger partial charge >= 0.3 is 6.03 Å². The van der Waals surface area contributed by atoms with Crippen LogP contribution in [-0.4, -0.2) is 20.7 Å². The van der Waals surface area contributed by atoms with E-state index in [1.807, 2.05) is 42.5 Å². The molecule has 0 fully saturated rings. The van der Waals surface area contributed by atoms with E-state index in [0.717, 1.165) is 22.6 Å². The first-order valence-electron chi connectivity index (χ1n) is 7.96. The molecule has 6 nitrogen and oxygen atoms in total. The highest BCUT2D eigenvalue weighted by atomic mass is 32.2. The summed E-state index contributed by atoms with van der Waals surface area (Å²) in [6, 6.07) is 18.1. The first-order valence-corrected chi connectivity index (χ1v) is 9.85. The molecule has 0 unspecified atom stereocenters. The van der Waals surface area contributed by atoms with Gasteiger partial charge in [0, 0.05) is 11.1 Å². The molecule has 0 spiro atoms. The van der Waals surface area contributed by atoms with Crippen LogP contribution in [-0.2, 0) is 10.0 Å². The van der Waals surface area contributed by atoms with Crippen LogP contribution >= 0.6 is 0 Å². The Morgan fingerprint density at radius 3 is 2.38 bits per heavy atom. The topological polar surface area (TPSA) is 87.3 Å². The van der Waals surface area contributed by atoms with Crippen LogP contribution in [0.4, 0.5) is 21.9 Å². The Morgan fingerprint density at radius 2 is 1.62 bits per heavy atom. The van der Waals surface area contributed by atoms with Crippen LogP contribution in [0.25, 0.3) is 10.8 Å². The molecule has 26 heavy (non-hydrogen) atoms. The monoisotopic (exact) mass is 369 g/mol. The number of anilines is 3. The standard InChI is InChI=1S/C19H19N3O3S/c1-13-10-11-15(12-18(13)22-26(2,24)25)20-19(23)21-17-9-5-7-14-6-3-4-8-16(14)17/h3-12,22H,1-2H3,(H2,20,21,23). The molecule has 134 valence electrons. The van der Waals surface area contributed by atoms with Crippen LogP contribution in [0.3, 0.4) is 0 Å². The van der Waals surface area contributed by atoms with Gasteiger partial charge in [-0.05, 0) is 36.1 Å². The second-order valence-corrected chi connectivity index (χ2v) is 7.76. The first kappa shape index (κ1) is 17.8. The number of hydrogen-bond acceptors (Lipinski definition) is 3. The maximum Gasteiger partial charge on any atom is 0.323 e. The third-order valence-electron chi connectivity index (χ3n) is 3.83. The Morgan fingerprint density at radius 1 is 0.885 bits per heavy atom. The van der Waals surface area contributed by atoms with Gasteiger partial charge in [0.05, 0.1) is 17.6 Å². The number of rotatable bonds is 4. The zero-order valence-electron chi connectivity index (χ0n) is 14.4. The fourth-order valence-corrected chi connectivity index (χ4v) is 3.25. The van der Waals surface area contributed by atoms with Crippen molar-refractivity contribution in [3.63, 3.8) is 0 Å². The van der Waals surface area contributed by atoms with Gasteiger partial charge in [-0.3, -0.25) is 4.72 Å². The number of benzene rings is 3. The SMILES string of the molecule is Cc1ccc(NC(=O)Nc2cccc3ccccc23)cc1NS(C)(=O)=O. The number of nitrogens with one attached hydrogen (secondary N) is 3. The maximum absolute atomic E-state index is 12.3. The van der Waals surface area contributed by atoms with Gasteiger partial charge in [0.2, 0.25) is 10.0 Å². The Bertz CT molecular complexity index is 1070. The van der Waals surface area contributed by atoms with Gasteiger partial charge in [-0.1, -0.05) is 42.5 Å². The molecule has 0 heterocycles. The molecule has 2 amide bonds. The highest BCUT2D eigenvalue weighted by Gasteiger charge is 2.09. The summed E-state index contributed by atoms with van der Waals surface area (Å²) in [4.78, 5) is 12.3. The molecule has 0 aliphatic heterocycles. The molecule has 3 aromatic rings. The van der Waals surface area contributed by atoms with E-state index in [1.54, 1.807) is 25.1 Å². The van der Waals surface area contributed by atoms with Crippen molar-refractivity contribution in [2.24, 2.45) is 0 Å². The number of fused-ring (bicyclic) bond motifs is 1. The molecule has 0 radical (unpaired) electrons. The van der Waals surface area contributed by atoms with Gasteiger partial charge in [-0.15, -0.1) is 0 Å². The van der Waals surface area contributed by atoms with Crippen LogP contribution in [0.15, 0.2) is 60.7 Å². The lowest BCUT2D eigenvalue weighted by Crippen LogP contribution is -2.20. The zero-order valence-corrected chi connectivity index (χ0v) is 15.2. The predicted octanol–water partition coefficient (Wildman–Crippen LogP) is 4.16. The molecule has 7 heteroatoms. The summed E-state index contributed by atoms with van der Waals surface area (Å²) in [5.41, 5.74) is 2.37. The van der Waals surface area contributed by atoms with Crippen molar-refractivity contribution in [3.8, 4) is 0 Å². The van der Waals surface area contributed by atoms with Crippen molar-refractivity contribution < 1.29 is 13.2 Å². The van der Waals surface area contributed by atoms with Crippen molar-refractivity contribution >= 4 is 43.9 Å². The zero-order chi connectivity index (χ0) is 18.7. The number of carbonyl (C=O) groups excluding carboxylic acids is 1. The number of aryl methyl sites for hydroxylation is 1. The van der Waals surface area contributed by atoms with Crippen molar-refractivity contribution in [2.75, 3.05) is 21.6 Å². The van der Waals surface area contributed by atoms with E-state index in [2.05, 4.69) is 15.4 Å². The minimum atomic E-state index is -3.40. The summed E-state index contributed by atoms with van der Waals surface area (Å²) in [5, 5.41) is 7.52. The van der Waals surface area contributed by atoms with E-state index >= 15 is 0 Å². The second kappa shape index (κ2) is 7.05. The molecular formula is C19H19N3O3S. The number of urea groups is 1. The molecule has 3 rings (SSSR count). The van der Waals surface area contributed by atoms with Crippen molar-refractivity contribution in [1.82, 2.24) is 0 Å². The summed E-state index contributed by atoms with van der Waals surface area (Å²) < 4.78 is 25.3. The average Bonchev–Trinajstić information content (AvgIpc) is 2.57. The van der Waals surface area contributed by atoms with Gasteiger partial charge in [-0.2, -0.15) is 0 Å². The quantitative estimate of drug-likeness (QED) is 0.645. The third-order valence-corrected chi connectivity index (χ3v) is 4.42. The molecule has 0 atom stereocenters. The summed E-state index contributed by atoms with van der Waals surface area (Å²) in [6.07, 6.45) is 1.08. The Labute approximate surface area is 152 Å². The van der Waals surface area contributed by atoms with Crippen molar-refractivity contribution in [2.45, 2.75) is 6.92 Å². The first-order chi connectivity index (χ1) is 12.3. The highest BCUT2D eigenvalue weighted by Crippen LogP contribution is 2.24. The number of hydrogen-bond donors (Lipinski definition) is 3. The maximum atomic E-state index is 12.3. The molecule has 3 aromatic carbocycles. The van der Waals surface area contributed by atoms with Gasteiger partial charge in [0.15, 0.2) is 0 Å². The highest BCUT2D eigenvalue weighted by molar-refractivity contribution is 7.92. The smallest absolute Gasteiger partial charge is 0.308 e. The van der Waals surface area contributed by atoms with E-state index in [-0.39, 0.29) is 0 Å². The van der Waals surface area contributed by atoms with Crippen LogP contribution in [0.2, 0.25) is 0 Å². The molecule has 0 saturated carbocycles. The largest absolute Gasteiger partial charge is 0.323 e. The number of carbonyl (C=O) groups is 1. The Hall–Kier alpha value is -3.06. The second-order valence-electron chi connectivity index (χ2n) is 6.01. The molecule has 0 bridgehead atoms. The van der Waals surface area contributed by atoms with Crippen LogP contribution < -0.4 is 15.4 Å². The Balaban J connectivity index is 1.79. The minimum Gasteiger partial charge on any atom is -0.308 e. The van der Waals surface area contributed by atoms with Crippen molar-refractivity contribution in [1.29, 1.82) is 0 Å². The van der Waals surface area contributed by atoms with Crippen LogP contribution in [0.1, 0.15) is 5.56 Å². The predicted molar refractivity (Wildman–Crippen MR) is 106 cm³/mol. The lowest BCUT2D eigenvalue weighted by Gasteiger charge is -2.13. The van der Waals surface area contributed by atoms with Gasteiger partial charge in [-0.25, -0.2) is 13.2 Å². The summed E-state index contributed by atoms with van der Waals surface area (Å²) in [7, 11) is -3.40. The van der Waals surface area contributed by atoms with Gasteiger partial charge in [0.1, 0.15) is 0 Å². The fourth-order valence-electron chi connectivity index (χ4n) is 2.63. The molecule has 3 N–H and O–H groups in total. The van der Waals surface area contributed by atoms with E-state index < -0.39 is 16.1 Å². The van der Waals surface area contributed by atoms with Crippen molar-refractivity contribution in [3.05, 3.63) is 66.2 Å². The lowest BCUT2D eigenvalue weighted by atomic mass is 10.1. The summed E-state index contributed by atoms with van der Waals surface area (Å²) in [6.45, 7) is 1.79. The third kappa shape index (κ3) is 4.31.